The third-order valence-electron chi connectivity index (χ3n) is 3.80. The second-order valence-corrected chi connectivity index (χ2v) is 9.11. The molecule has 1 aromatic heterocycles. The van der Waals surface area contributed by atoms with Gasteiger partial charge >= 0.3 is 0 Å². The van der Waals surface area contributed by atoms with Crippen LogP contribution in [0.3, 0.4) is 0 Å². The molecule has 6 heteroatoms. The Kier molecular flexibility index (Phi) is 4.26. The van der Waals surface area contributed by atoms with Gasteiger partial charge in [-0.15, -0.1) is 0 Å². The third kappa shape index (κ3) is 3.67. The molecule has 5 nitrogen and oxygen atoms in total. The van der Waals surface area contributed by atoms with Gasteiger partial charge in [0, 0.05) is 17.6 Å². The van der Waals surface area contributed by atoms with Crippen LogP contribution in [-0.2, 0) is 16.6 Å². The molecule has 0 aromatic carbocycles. The Morgan fingerprint density at radius 3 is 2.52 bits per heavy atom. The van der Waals surface area contributed by atoms with Crippen LogP contribution < -0.4 is 5.32 Å². The largest absolute Gasteiger partial charge is 0.447 e. The monoisotopic (exact) mass is 314 g/mol. The van der Waals surface area contributed by atoms with Crippen LogP contribution in [0.4, 0.5) is 0 Å². The Labute approximate surface area is 127 Å². The molecule has 0 saturated carbocycles. The van der Waals surface area contributed by atoms with Crippen molar-refractivity contribution < 1.29 is 12.8 Å². The van der Waals surface area contributed by atoms with E-state index in [9.17, 15) is 8.42 Å². The van der Waals surface area contributed by atoms with E-state index in [1.165, 1.54) is 0 Å². The third-order valence-corrected chi connectivity index (χ3v) is 5.78. The highest BCUT2D eigenvalue weighted by atomic mass is 32.2. The first kappa shape index (κ1) is 16.5. The van der Waals surface area contributed by atoms with Crippen LogP contribution in [0.15, 0.2) is 21.6 Å². The van der Waals surface area contributed by atoms with Crippen LogP contribution in [0.25, 0.3) is 0 Å². The molecule has 1 aliphatic heterocycles. The summed E-state index contributed by atoms with van der Waals surface area (Å²) in [6.45, 7) is 11.2. The number of hydrogen-bond donors (Lipinski definition) is 1. The molecular weight excluding hydrogens is 288 g/mol. The Balaban J connectivity index is 2.17. The van der Waals surface area contributed by atoms with Gasteiger partial charge in [0.2, 0.25) is 5.09 Å². The highest BCUT2D eigenvalue weighted by Gasteiger charge is 2.42. The summed E-state index contributed by atoms with van der Waals surface area (Å²) in [6, 6.07) is 3.29. The number of nitrogens with zero attached hydrogens (tertiary/aromatic N) is 1. The highest BCUT2D eigenvalue weighted by molar-refractivity contribution is 7.89. The second kappa shape index (κ2) is 5.41. The molecule has 0 unspecified atom stereocenters. The standard InChI is InChI=1S/C15H26N2O3S/c1-14(2,3)16-11-12-7-8-13(20-12)21(18,19)17-10-6-9-15(17,4)5/h7-8,16H,6,9-11H2,1-5H3. The average molecular weight is 314 g/mol. The first-order valence-corrected chi connectivity index (χ1v) is 8.83. The molecule has 0 radical (unpaired) electrons. The molecule has 1 fully saturated rings. The van der Waals surface area contributed by atoms with Gasteiger partial charge in [0.25, 0.3) is 10.0 Å². The lowest BCUT2D eigenvalue weighted by Crippen LogP contribution is -2.42. The van der Waals surface area contributed by atoms with Gasteiger partial charge in [-0.2, -0.15) is 4.31 Å². The van der Waals surface area contributed by atoms with E-state index in [1.807, 2.05) is 13.8 Å². The molecule has 0 atom stereocenters. The summed E-state index contributed by atoms with van der Waals surface area (Å²) in [5.41, 5.74) is -0.377. The van der Waals surface area contributed by atoms with Crippen molar-refractivity contribution in [2.45, 2.75) is 70.2 Å². The Bertz CT molecular complexity index is 597. The van der Waals surface area contributed by atoms with Crippen molar-refractivity contribution in [3.05, 3.63) is 17.9 Å². The fraction of sp³-hybridized carbons (Fsp3) is 0.733. The molecule has 2 rings (SSSR count). The van der Waals surface area contributed by atoms with E-state index in [1.54, 1.807) is 16.4 Å². The highest BCUT2D eigenvalue weighted by Crippen LogP contribution is 2.34. The van der Waals surface area contributed by atoms with Crippen molar-refractivity contribution >= 4 is 10.0 Å². The summed E-state index contributed by atoms with van der Waals surface area (Å²) >= 11 is 0. The van der Waals surface area contributed by atoms with Gasteiger partial charge in [0.15, 0.2) is 0 Å². The van der Waals surface area contributed by atoms with E-state index in [-0.39, 0.29) is 16.2 Å². The minimum absolute atomic E-state index is 0.0389. The lowest BCUT2D eigenvalue weighted by atomic mass is 10.0. The zero-order valence-corrected chi connectivity index (χ0v) is 14.4. The summed E-state index contributed by atoms with van der Waals surface area (Å²) in [7, 11) is -3.54. The van der Waals surface area contributed by atoms with Gasteiger partial charge in [-0.05, 0) is 59.6 Å². The topological polar surface area (TPSA) is 62.6 Å². The summed E-state index contributed by atoms with van der Waals surface area (Å²) < 4.78 is 32.5. The molecule has 2 heterocycles. The van der Waals surface area contributed by atoms with Gasteiger partial charge in [0.05, 0.1) is 6.54 Å². The normalized spacial score (nSPS) is 20.0. The minimum atomic E-state index is -3.54. The lowest BCUT2D eigenvalue weighted by Gasteiger charge is -2.29. The molecule has 0 amide bonds. The summed E-state index contributed by atoms with van der Waals surface area (Å²) in [5.74, 6) is 0.639. The first-order valence-electron chi connectivity index (χ1n) is 7.39. The Morgan fingerprint density at radius 1 is 1.33 bits per heavy atom. The van der Waals surface area contributed by atoms with Gasteiger partial charge in [0.1, 0.15) is 5.76 Å². The summed E-state index contributed by atoms with van der Waals surface area (Å²) in [6.07, 6.45) is 1.77. The molecule has 1 N–H and O–H groups in total. The van der Waals surface area contributed by atoms with Crippen molar-refractivity contribution in [3.63, 3.8) is 0 Å². The van der Waals surface area contributed by atoms with Gasteiger partial charge < -0.3 is 9.73 Å². The summed E-state index contributed by atoms with van der Waals surface area (Å²) in [5, 5.41) is 3.33. The zero-order valence-electron chi connectivity index (χ0n) is 13.6. The van der Waals surface area contributed by atoms with E-state index in [0.717, 1.165) is 12.8 Å². The van der Waals surface area contributed by atoms with E-state index in [2.05, 4.69) is 26.1 Å². The average Bonchev–Trinajstić information content (AvgIpc) is 2.91. The molecule has 120 valence electrons. The number of rotatable bonds is 4. The van der Waals surface area contributed by atoms with E-state index < -0.39 is 10.0 Å². The predicted octanol–water partition coefficient (Wildman–Crippen LogP) is 2.73. The molecule has 21 heavy (non-hydrogen) atoms. The molecule has 0 spiro atoms. The van der Waals surface area contributed by atoms with Crippen LogP contribution in [0.1, 0.15) is 53.2 Å². The van der Waals surface area contributed by atoms with Crippen LogP contribution in [-0.4, -0.2) is 30.3 Å². The first-order chi connectivity index (χ1) is 9.52. The molecule has 1 aromatic rings. The zero-order chi connectivity index (χ0) is 15.9. The van der Waals surface area contributed by atoms with Crippen LogP contribution in [0.2, 0.25) is 0 Å². The van der Waals surface area contributed by atoms with Crippen LogP contribution in [0.5, 0.6) is 0 Å². The van der Waals surface area contributed by atoms with Crippen LogP contribution in [0, 0.1) is 0 Å². The lowest BCUT2D eigenvalue weighted by molar-refractivity contribution is 0.279. The minimum Gasteiger partial charge on any atom is -0.447 e. The van der Waals surface area contributed by atoms with Crippen LogP contribution >= 0.6 is 0 Å². The maximum absolute atomic E-state index is 12.7. The predicted molar refractivity (Wildman–Crippen MR) is 82.5 cm³/mol. The number of hydrogen-bond acceptors (Lipinski definition) is 4. The van der Waals surface area contributed by atoms with Crippen molar-refractivity contribution in [3.8, 4) is 0 Å². The summed E-state index contributed by atoms with van der Waals surface area (Å²) in [4.78, 5) is 0. The van der Waals surface area contributed by atoms with Crippen molar-refractivity contribution in [1.82, 2.24) is 9.62 Å². The molecule has 1 saturated heterocycles. The quantitative estimate of drug-likeness (QED) is 0.928. The molecule has 1 aliphatic rings. The van der Waals surface area contributed by atoms with E-state index in [4.69, 9.17) is 4.42 Å². The number of sulfonamides is 1. The number of furan rings is 1. The smallest absolute Gasteiger partial charge is 0.276 e. The SMILES string of the molecule is CC(C)(C)NCc1ccc(S(=O)(=O)N2CCCC2(C)C)o1. The fourth-order valence-corrected chi connectivity index (χ4v) is 4.36. The van der Waals surface area contributed by atoms with Crippen molar-refractivity contribution in [2.24, 2.45) is 0 Å². The second-order valence-electron chi connectivity index (χ2n) is 7.32. The Morgan fingerprint density at radius 2 is 2.00 bits per heavy atom. The fourth-order valence-electron chi connectivity index (χ4n) is 2.58. The molecule has 0 bridgehead atoms. The van der Waals surface area contributed by atoms with Crippen molar-refractivity contribution in [1.29, 1.82) is 0 Å². The van der Waals surface area contributed by atoms with Gasteiger partial charge in [-0.3, -0.25) is 0 Å². The maximum atomic E-state index is 12.7. The molecule has 0 aliphatic carbocycles. The number of nitrogens with one attached hydrogen (secondary N) is 1. The maximum Gasteiger partial charge on any atom is 0.276 e. The van der Waals surface area contributed by atoms with E-state index >= 15 is 0 Å². The Hall–Kier alpha value is -0.850. The van der Waals surface area contributed by atoms with Gasteiger partial charge in [-0.1, -0.05) is 0 Å². The molecular formula is C15H26N2O3S. The van der Waals surface area contributed by atoms with Gasteiger partial charge in [-0.25, -0.2) is 8.42 Å². The van der Waals surface area contributed by atoms with E-state index in [0.29, 0.717) is 18.8 Å². The van der Waals surface area contributed by atoms with Crippen molar-refractivity contribution in [2.75, 3.05) is 6.54 Å².